The molecular weight excluding hydrogens is 366 g/mol. The first-order valence-electron chi connectivity index (χ1n) is 9.12. The number of halogens is 1. The van der Waals surface area contributed by atoms with E-state index in [1.807, 2.05) is 39.0 Å². The average molecular weight is 390 g/mol. The van der Waals surface area contributed by atoms with Gasteiger partial charge in [-0.2, -0.15) is 5.10 Å². The van der Waals surface area contributed by atoms with Gasteiger partial charge in [0.2, 0.25) is 0 Å². The molecule has 0 N–H and O–H groups in total. The fraction of sp³-hybridized carbons (Fsp3) is 0.450. The first kappa shape index (κ1) is 19.4. The fourth-order valence-electron chi connectivity index (χ4n) is 3.29. The minimum atomic E-state index is -0.421. The number of carbonyl (C=O) groups is 2. The minimum absolute atomic E-state index is 0.0878. The summed E-state index contributed by atoms with van der Waals surface area (Å²) in [6.07, 6.45) is 2.12. The molecule has 1 aliphatic rings. The molecule has 1 aliphatic heterocycles. The summed E-state index contributed by atoms with van der Waals surface area (Å²) in [5, 5.41) is 5.21. The van der Waals surface area contributed by atoms with Crippen molar-refractivity contribution >= 4 is 23.5 Å². The van der Waals surface area contributed by atoms with Crippen molar-refractivity contribution in [2.45, 2.75) is 40.0 Å². The summed E-state index contributed by atoms with van der Waals surface area (Å²) >= 11 is 6.22. The first-order valence-corrected chi connectivity index (χ1v) is 9.49. The molecule has 27 heavy (non-hydrogen) atoms. The SMILES string of the molecule is Cc1ccc(-n2nc(C)c(CC(=O)OCC(=O)N3CCCC3)c2C)cc1Cl. The highest BCUT2D eigenvalue weighted by Gasteiger charge is 2.21. The molecule has 0 aliphatic carbocycles. The van der Waals surface area contributed by atoms with Crippen LogP contribution in [-0.4, -0.2) is 46.3 Å². The van der Waals surface area contributed by atoms with Gasteiger partial charge in [0.1, 0.15) is 0 Å². The third kappa shape index (κ3) is 4.33. The number of carbonyl (C=O) groups excluding carboxylic acids is 2. The van der Waals surface area contributed by atoms with E-state index < -0.39 is 5.97 Å². The van der Waals surface area contributed by atoms with E-state index in [0.717, 1.165) is 54.1 Å². The van der Waals surface area contributed by atoms with Gasteiger partial charge in [0.15, 0.2) is 6.61 Å². The Kier molecular flexibility index (Phi) is 5.85. The van der Waals surface area contributed by atoms with E-state index >= 15 is 0 Å². The molecule has 6 nitrogen and oxygen atoms in total. The van der Waals surface area contributed by atoms with Crippen molar-refractivity contribution in [2.24, 2.45) is 0 Å². The number of benzene rings is 1. The molecule has 2 heterocycles. The number of nitrogens with zero attached hydrogens (tertiary/aromatic N) is 3. The molecule has 7 heteroatoms. The summed E-state index contributed by atoms with van der Waals surface area (Å²) in [7, 11) is 0. The van der Waals surface area contributed by atoms with E-state index in [4.69, 9.17) is 16.3 Å². The van der Waals surface area contributed by atoms with Crippen molar-refractivity contribution in [2.75, 3.05) is 19.7 Å². The number of rotatable bonds is 5. The van der Waals surface area contributed by atoms with Crippen LogP contribution in [0, 0.1) is 20.8 Å². The lowest BCUT2D eigenvalue weighted by molar-refractivity contribution is -0.151. The summed E-state index contributed by atoms with van der Waals surface area (Å²) < 4.78 is 6.97. The number of hydrogen-bond donors (Lipinski definition) is 0. The number of hydrogen-bond acceptors (Lipinski definition) is 4. The van der Waals surface area contributed by atoms with Crippen LogP contribution < -0.4 is 0 Å². The molecule has 1 fully saturated rings. The molecule has 1 saturated heterocycles. The lowest BCUT2D eigenvalue weighted by Crippen LogP contribution is -2.32. The Labute approximate surface area is 164 Å². The van der Waals surface area contributed by atoms with E-state index in [2.05, 4.69) is 5.10 Å². The molecule has 0 radical (unpaired) electrons. The Morgan fingerprint density at radius 1 is 1.19 bits per heavy atom. The predicted molar refractivity (Wildman–Crippen MR) is 103 cm³/mol. The predicted octanol–water partition coefficient (Wildman–Crippen LogP) is 3.16. The molecule has 144 valence electrons. The zero-order chi connectivity index (χ0) is 19.6. The van der Waals surface area contributed by atoms with Crippen LogP contribution >= 0.6 is 11.6 Å². The lowest BCUT2D eigenvalue weighted by atomic mass is 10.1. The summed E-state index contributed by atoms with van der Waals surface area (Å²) in [5.41, 5.74) is 4.26. The molecule has 0 bridgehead atoms. The number of likely N-dealkylation sites (tertiary alicyclic amines) is 1. The Balaban J connectivity index is 1.68. The van der Waals surface area contributed by atoms with E-state index in [9.17, 15) is 9.59 Å². The normalized spacial score (nSPS) is 13.9. The third-order valence-corrected chi connectivity index (χ3v) is 5.38. The van der Waals surface area contributed by atoms with E-state index in [1.165, 1.54) is 0 Å². The number of esters is 1. The van der Waals surface area contributed by atoms with E-state index in [-0.39, 0.29) is 18.9 Å². The van der Waals surface area contributed by atoms with E-state index in [1.54, 1.807) is 9.58 Å². The second-order valence-corrected chi connectivity index (χ2v) is 7.33. The summed E-state index contributed by atoms with van der Waals surface area (Å²) in [6, 6.07) is 5.73. The fourth-order valence-corrected chi connectivity index (χ4v) is 3.47. The van der Waals surface area contributed by atoms with Crippen molar-refractivity contribution in [3.63, 3.8) is 0 Å². The number of amides is 1. The summed E-state index contributed by atoms with van der Waals surface area (Å²) in [5.74, 6) is -0.547. The van der Waals surface area contributed by atoms with Gasteiger partial charge in [-0.1, -0.05) is 17.7 Å². The maximum atomic E-state index is 12.2. The molecule has 2 aromatic rings. The van der Waals surface area contributed by atoms with Crippen LogP contribution in [0.1, 0.15) is 35.4 Å². The van der Waals surface area contributed by atoms with Gasteiger partial charge in [0.05, 0.1) is 17.8 Å². The van der Waals surface area contributed by atoms with Gasteiger partial charge in [-0.15, -0.1) is 0 Å². The smallest absolute Gasteiger partial charge is 0.310 e. The van der Waals surface area contributed by atoms with Crippen molar-refractivity contribution in [1.82, 2.24) is 14.7 Å². The van der Waals surface area contributed by atoms with Crippen LogP contribution in [0.3, 0.4) is 0 Å². The van der Waals surface area contributed by atoms with Crippen LogP contribution in [0.2, 0.25) is 5.02 Å². The van der Waals surface area contributed by atoms with E-state index in [0.29, 0.717) is 5.02 Å². The maximum Gasteiger partial charge on any atom is 0.310 e. The molecule has 0 atom stereocenters. The van der Waals surface area contributed by atoms with Crippen LogP contribution in [0.25, 0.3) is 5.69 Å². The standard InChI is InChI=1S/C20H24ClN3O3/c1-13-6-7-16(10-18(13)21)24-15(3)17(14(2)22-24)11-20(26)27-12-19(25)23-8-4-5-9-23/h6-7,10H,4-5,8-9,11-12H2,1-3H3. The Bertz CT molecular complexity index is 870. The lowest BCUT2D eigenvalue weighted by Gasteiger charge is -2.14. The highest BCUT2D eigenvalue weighted by molar-refractivity contribution is 6.31. The molecule has 1 aromatic heterocycles. The van der Waals surface area contributed by atoms with Crippen LogP contribution in [0.4, 0.5) is 0 Å². The van der Waals surface area contributed by atoms with Gasteiger partial charge >= 0.3 is 5.97 Å². The Morgan fingerprint density at radius 3 is 2.56 bits per heavy atom. The third-order valence-electron chi connectivity index (χ3n) is 4.98. The molecule has 3 rings (SSSR count). The second-order valence-electron chi connectivity index (χ2n) is 6.92. The average Bonchev–Trinajstić information content (AvgIpc) is 3.26. The number of aryl methyl sites for hydroxylation is 2. The zero-order valence-electron chi connectivity index (χ0n) is 15.9. The molecule has 1 amide bonds. The topological polar surface area (TPSA) is 64.4 Å². The highest BCUT2D eigenvalue weighted by Crippen LogP contribution is 2.23. The summed E-state index contributed by atoms with van der Waals surface area (Å²) in [6.45, 7) is 7.01. The summed E-state index contributed by atoms with van der Waals surface area (Å²) in [4.78, 5) is 26.0. The molecular formula is C20H24ClN3O3. The molecule has 1 aromatic carbocycles. The molecule has 0 spiro atoms. The highest BCUT2D eigenvalue weighted by atomic mass is 35.5. The maximum absolute atomic E-state index is 12.2. The number of aromatic nitrogens is 2. The first-order chi connectivity index (χ1) is 12.9. The molecule has 0 unspecified atom stereocenters. The number of ether oxygens (including phenoxy) is 1. The van der Waals surface area contributed by atoms with Crippen molar-refractivity contribution in [3.05, 3.63) is 45.7 Å². The second kappa shape index (κ2) is 8.13. The molecule has 0 saturated carbocycles. The minimum Gasteiger partial charge on any atom is -0.455 e. The van der Waals surface area contributed by atoms with Gasteiger partial charge in [0, 0.05) is 29.4 Å². The van der Waals surface area contributed by atoms with Crippen LogP contribution in [0.5, 0.6) is 0 Å². The van der Waals surface area contributed by atoms with Gasteiger partial charge in [-0.05, 0) is 51.3 Å². The van der Waals surface area contributed by atoms with Gasteiger partial charge in [-0.25, -0.2) is 4.68 Å². The largest absolute Gasteiger partial charge is 0.455 e. The van der Waals surface area contributed by atoms with Crippen LogP contribution in [0.15, 0.2) is 18.2 Å². The van der Waals surface area contributed by atoms with Crippen LogP contribution in [-0.2, 0) is 20.7 Å². The van der Waals surface area contributed by atoms with Crippen molar-refractivity contribution in [3.8, 4) is 5.69 Å². The Hall–Kier alpha value is -2.34. The zero-order valence-corrected chi connectivity index (χ0v) is 16.7. The van der Waals surface area contributed by atoms with Gasteiger partial charge in [0.25, 0.3) is 5.91 Å². The van der Waals surface area contributed by atoms with Crippen molar-refractivity contribution in [1.29, 1.82) is 0 Å². The van der Waals surface area contributed by atoms with Crippen molar-refractivity contribution < 1.29 is 14.3 Å². The van der Waals surface area contributed by atoms with Gasteiger partial charge < -0.3 is 9.64 Å². The van der Waals surface area contributed by atoms with Gasteiger partial charge in [-0.3, -0.25) is 9.59 Å². The Morgan fingerprint density at radius 2 is 1.89 bits per heavy atom. The quantitative estimate of drug-likeness (QED) is 0.737. The monoisotopic (exact) mass is 389 g/mol.